The first-order valence-corrected chi connectivity index (χ1v) is 12.3. The van der Waals surface area contributed by atoms with Gasteiger partial charge in [-0.05, 0) is 19.8 Å². The van der Waals surface area contributed by atoms with E-state index in [0.717, 1.165) is 12.8 Å². The largest absolute Gasteiger partial charge is 0.379 e. The van der Waals surface area contributed by atoms with Crippen LogP contribution >= 0.6 is 0 Å². The minimum absolute atomic E-state index is 0.559. The Morgan fingerprint density at radius 2 is 0.815 bits per heavy atom. The van der Waals surface area contributed by atoms with E-state index in [4.69, 9.17) is 5.11 Å². The molecule has 0 spiro atoms. The smallest absolute Gasteiger partial charge is 0.106 e. The first-order valence-electron chi connectivity index (χ1n) is 12.3. The van der Waals surface area contributed by atoms with Crippen LogP contribution in [0.5, 0.6) is 0 Å². The molecule has 0 aliphatic rings. The summed E-state index contributed by atoms with van der Waals surface area (Å²) >= 11 is 0. The molecule has 0 aliphatic carbocycles. The van der Waals surface area contributed by atoms with Crippen LogP contribution in [0.4, 0.5) is 0 Å². The summed E-state index contributed by atoms with van der Waals surface area (Å²) in [5.41, 5.74) is 0. The SMILES string of the molecule is CCCCCCCCCCCCCCCCCCCCCC(O)NC(C)O. The highest BCUT2D eigenvalue weighted by atomic mass is 16.3. The molecule has 0 aromatic heterocycles. The fraction of sp³-hybridized carbons (Fsp3) is 1.00. The van der Waals surface area contributed by atoms with Gasteiger partial charge in [-0.1, -0.05) is 122 Å². The van der Waals surface area contributed by atoms with Crippen molar-refractivity contribution in [1.82, 2.24) is 5.32 Å². The Labute approximate surface area is 170 Å². The first kappa shape index (κ1) is 26.9. The molecule has 2 unspecified atom stereocenters. The summed E-state index contributed by atoms with van der Waals surface area (Å²) in [5.74, 6) is 0. The van der Waals surface area contributed by atoms with Crippen LogP contribution in [0, 0.1) is 0 Å². The number of unbranched alkanes of at least 4 members (excludes halogenated alkanes) is 18. The van der Waals surface area contributed by atoms with Gasteiger partial charge in [-0.15, -0.1) is 0 Å². The van der Waals surface area contributed by atoms with Gasteiger partial charge in [0.2, 0.25) is 0 Å². The second kappa shape index (κ2) is 22.2. The lowest BCUT2D eigenvalue weighted by atomic mass is 10.0. The number of aliphatic hydroxyl groups excluding tert-OH is 2. The molecule has 0 radical (unpaired) electrons. The Morgan fingerprint density at radius 1 is 0.519 bits per heavy atom. The van der Waals surface area contributed by atoms with Gasteiger partial charge >= 0.3 is 0 Å². The highest BCUT2D eigenvalue weighted by molar-refractivity contribution is 4.55. The molecule has 0 saturated carbocycles. The van der Waals surface area contributed by atoms with Crippen LogP contribution in [0.1, 0.15) is 142 Å². The fourth-order valence-electron chi connectivity index (χ4n) is 3.78. The van der Waals surface area contributed by atoms with Crippen LogP contribution in [-0.4, -0.2) is 22.7 Å². The monoisotopic (exact) mass is 385 g/mol. The lowest BCUT2D eigenvalue weighted by Gasteiger charge is -2.14. The van der Waals surface area contributed by atoms with Crippen molar-refractivity contribution in [2.24, 2.45) is 0 Å². The maximum atomic E-state index is 9.59. The van der Waals surface area contributed by atoms with Crippen molar-refractivity contribution >= 4 is 0 Å². The molecule has 3 N–H and O–H groups in total. The predicted octanol–water partition coefficient (Wildman–Crippen LogP) is 7.05. The molecule has 2 atom stereocenters. The zero-order valence-electron chi connectivity index (χ0n) is 18.7. The van der Waals surface area contributed by atoms with E-state index < -0.39 is 12.5 Å². The van der Waals surface area contributed by atoms with Crippen LogP contribution in [0.25, 0.3) is 0 Å². The number of hydrogen-bond donors (Lipinski definition) is 3. The molecule has 0 aromatic rings. The van der Waals surface area contributed by atoms with Crippen molar-refractivity contribution in [2.45, 2.75) is 155 Å². The standard InChI is InChI=1S/C24H51NO2/c1-3-4-5-6-7-8-9-10-11-12-13-14-15-16-17-18-19-20-21-22-24(27)25-23(2)26/h23-27H,3-22H2,1-2H3. The molecular weight excluding hydrogens is 334 g/mol. The van der Waals surface area contributed by atoms with Crippen LogP contribution in [-0.2, 0) is 0 Å². The minimum Gasteiger partial charge on any atom is -0.379 e. The van der Waals surface area contributed by atoms with Gasteiger partial charge in [0, 0.05) is 0 Å². The van der Waals surface area contributed by atoms with Gasteiger partial charge in [0.05, 0.1) is 0 Å². The maximum absolute atomic E-state index is 9.59. The first-order chi connectivity index (χ1) is 13.2. The van der Waals surface area contributed by atoms with E-state index in [1.54, 1.807) is 6.92 Å². The van der Waals surface area contributed by atoms with E-state index in [-0.39, 0.29) is 0 Å². The van der Waals surface area contributed by atoms with Crippen LogP contribution in [0.15, 0.2) is 0 Å². The predicted molar refractivity (Wildman–Crippen MR) is 119 cm³/mol. The molecule has 0 bridgehead atoms. The third-order valence-electron chi connectivity index (χ3n) is 5.51. The van der Waals surface area contributed by atoms with Gasteiger partial charge in [-0.25, -0.2) is 0 Å². The van der Waals surface area contributed by atoms with E-state index in [9.17, 15) is 5.11 Å². The van der Waals surface area contributed by atoms with Gasteiger partial charge in [-0.3, -0.25) is 5.32 Å². The molecule has 0 aromatic carbocycles. The average Bonchev–Trinajstić information content (AvgIpc) is 2.63. The quantitative estimate of drug-likeness (QED) is 0.138. The Hall–Kier alpha value is -0.120. The molecule has 164 valence electrons. The molecule has 0 amide bonds. The van der Waals surface area contributed by atoms with E-state index in [0.29, 0.717) is 0 Å². The number of hydrogen-bond acceptors (Lipinski definition) is 3. The van der Waals surface area contributed by atoms with E-state index in [1.165, 1.54) is 116 Å². The van der Waals surface area contributed by atoms with Gasteiger partial charge in [0.25, 0.3) is 0 Å². The lowest BCUT2D eigenvalue weighted by molar-refractivity contribution is 0.0459. The summed E-state index contributed by atoms with van der Waals surface area (Å²) in [5, 5.41) is 21.4. The van der Waals surface area contributed by atoms with Crippen molar-refractivity contribution < 1.29 is 10.2 Å². The summed E-state index contributed by atoms with van der Waals surface area (Å²) in [6, 6.07) is 0. The maximum Gasteiger partial charge on any atom is 0.106 e. The highest BCUT2D eigenvalue weighted by Gasteiger charge is 2.05. The van der Waals surface area contributed by atoms with Crippen molar-refractivity contribution in [1.29, 1.82) is 0 Å². The number of aliphatic hydroxyl groups is 2. The second-order valence-electron chi connectivity index (χ2n) is 8.51. The van der Waals surface area contributed by atoms with Crippen molar-refractivity contribution in [3.63, 3.8) is 0 Å². The topological polar surface area (TPSA) is 52.5 Å². The lowest BCUT2D eigenvalue weighted by Crippen LogP contribution is -2.35. The van der Waals surface area contributed by atoms with Crippen LogP contribution in [0.3, 0.4) is 0 Å². The minimum atomic E-state index is -0.625. The van der Waals surface area contributed by atoms with Crippen molar-refractivity contribution in [2.75, 3.05) is 0 Å². The molecule has 0 heterocycles. The zero-order chi connectivity index (χ0) is 20.0. The molecule has 0 fully saturated rings. The van der Waals surface area contributed by atoms with Crippen LogP contribution in [0.2, 0.25) is 0 Å². The molecule has 27 heavy (non-hydrogen) atoms. The summed E-state index contributed by atoms with van der Waals surface area (Å²) in [7, 11) is 0. The van der Waals surface area contributed by atoms with Gasteiger partial charge in [-0.2, -0.15) is 0 Å². The Kier molecular flexibility index (Phi) is 22.1. The summed E-state index contributed by atoms with van der Waals surface area (Å²) in [6.07, 6.45) is 25.8. The van der Waals surface area contributed by atoms with Crippen molar-refractivity contribution in [3.8, 4) is 0 Å². The highest BCUT2D eigenvalue weighted by Crippen LogP contribution is 2.14. The van der Waals surface area contributed by atoms with Gasteiger partial charge < -0.3 is 10.2 Å². The molecule has 3 nitrogen and oxygen atoms in total. The zero-order valence-corrected chi connectivity index (χ0v) is 18.7. The third-order valence-corrected chi connectivity index (χ3v) is 5.51. The Morgan fingerprint density at radius 3 is 1.11 bits per heavy atom. The Bertz CT molecular complexity index is 271. The second-order valence-corrected chi connectivity index (χ2v) is 8.51. The molecular formula is C24H51NO2. The molecule has 3 heteroatoms. The van der Waals surface area contributed by atoms with Crippen molar-refractivity contribution in [3.05, 3.63) is 0 Å². The third kappa shape index (κ3) is 23.8. The number of rotatable bonds is 22. The summed E-state index contributed by atoms with van der Waals surface area (Å²) in [4.78, 5) is 0. The Balaban J connectivity index is 3.05. The van der Waals surface area contributed by atoms with E-state index >= 15 is 0 Å². The summed E-state index contributed by atoms with van der Waals surface area (Å²) in [6.45, 7) is 3.93. The number of nitrogens with one attached hydrogen (secondary N) is 1. The van der Waals surface area contributed by atoms with E-state index in [2.05, 4.69) is 12.2 Å². The van der Waals surface area contributed by atoms with Crippen LogP contribution < -0.4 is 5.32 Å². The molecule has 0 saturated heterocycles. The summed E-state index contributed by atoms with van der Waals surface area (Å²) < 4.78 is 0. The average molecular weight is 386 g/mol. The van der Waals surface area contributed by atoms with Gasteiger partial charge in [0.1, 0.15) is 12.5 Å². The molecule has 0 rings (SSSR count). The normalized spacial score (nSPS) is 13.8. The fourth-order valence-corrected chi connectivity index (χ4v) is 3.78. The molecule has 0 aliphatic heterocycles. The van der Waals surface area contributed by atoms with Gasteiger partial charge in [0.15, 0.2) is 0 Å². The van der Waals surface area contributed by atoms with E-state index in [1.807, 2.05) is 0 Å².